The van der Waals surface area contributed by atoms with Crippen molar-refractivity contribution in [2.75, 3.05) is 26.9 Å². The Morgan fingerprint density at radius 3 is 2.61 bits per heavy atom. The standard InChI is InChI=1S/C16H20ClN3O3/c1-20(16(11-21)6-8-22-9-7-16)10-14-18-15(19-23-14)12-2-4-13(17)5-3-12/h2-5,21H,6-11H2,1H3. The number of hydrogen-bond acceptors (Lipinski definition) is 6. The Labute approximate surface area is 140 Å². The molecule has 1 N–H and O–H groups in total. The summed E-state index contributed by atoms with van der Waals surface area (Å²) >= 11 is 5.89. The van der Waals surface area contributed by atoms with Gasteiger partial charge in [0.15, 0.2) is 0 Å². The molecule has 1 aliphatic rings. The van der Waals surface area contributed by atoms with Crippen LogP contribution in [-0.4, -0.2) is 52.6 Å². The van der Waals surface area contributed by atoms with E-state index in [0.29, 0.717) is 36.5 Å². The van der Waals surface area contributed by atoms with Crippen molar-refractivity contribution in [1.82, 2.24) is 15.0 Å². The van der Waals surface area contributed by atoms with Gasteiger partial charge in [-0.2, -0.15) is 4.98 Å². The highest BCUT2D eigenvalue weighted by molar-refractivity contribution is 6.30. The molecule has 6 nitrogen and oxygen atoms in total. The minimum Gasteiger partial charge on any atom is -0.394 e. The maximum absolute atomic E-state index is 9.82. The van der Waals surface area contributed by atoms with Gasteiger partial charge in [-0.3, -0.25) is 4.90 Å². The Morgan fingerprint density at radius 2 is 1.96 bits per heavy atom. The number of aromatic nitrogens is 2. The Bertz CT molecular complexity index is 638. The molecule has 3 rings (SSSR count). The maximum Gasteiger partial charge on any atom is 0.241 e. The first-order chi connectivity index (χ1) is 11.1. The molecule has 2 heterocycles. The summed E-state index contributed by atoms with van der Waals surface area (Å²) in [6.45, 7) is 1.89. The lowest BCUT2D eigenvalue weighted by Gasteiger charge is -2.42. The average Bonchev–Trinajstić information content (AvgIpc) is 3.04. The molecule has 1 saturated heterocycles. The molecule has 0 aliphatic carbocycles. The second-order valence-electron chi connectivity index (χ2n) is 5.87. The zero-order valence-corrected chi connectivity index (χ0v) is 13.8. The van der Waals surface area contributed by atoms with Crippen LogP contribution < -0.4 is 0 Å². The number of aliphatic hydroxyl groups is 1. The Morgan fingerprint density at radius 1 is 1.26 bits per heavy atom. The van der Waals surface area contributed by atoms with E-state index in [-0.39, 0.29) is 12.1 Å². The van der Waals surface area contributed by atoms with E-state index in [0.717, 1.165) is 18.4 Å². The molecule has 1 fully saturated rings. The predicted octanol–water partition coefficient (Wildman–Crippen LogP) is 2.36. The van der Waals surface area contributed by atoms with Crippen LogP contribution in [0.25, 0.3) is 11.4 Å². The minimum absolute atomic E-state index is 0.0883. The maximum atomic E-state index is 9.82. The van der Waals surface area contributed by atoms with Crippen molar-refractivity contribution in [3.8, 4) is 11.4 Å². The first-order valence-electron chi connectivity index (χ1n) is 7.61. The van der Waals surface area contributed by atoms with Gasteiger partial charge in [0.25, 0.3) is 0 Å². The van der Waals surface area contributed by atoms with E-state index in [1.165, 1.54) is 0 Å². The van der Waals surface area contributed by atoms with Crippen LogP contribution in [0.4, 0.5) is 0 Å². The van der Waals surface area contributed by atoms with Gasteiger partial charge in [0, 0.05) is 29.3 Å². The van der Waals surface area contributed by atoms with Crippen LogP contribution >= 0.6 is 11.6 Å². The highest BCUT2D eigenvalue weighted by Crippen LogP contribution is 2.28. The summed E-state index contributed by atoms with van der Waals surface area (Å²) in [5.41, 5.74) is 0.572. The molecule has 2 aromatic rings. The molecule has 7 heteroatoms. The van der Waals surface area contributed by atoms with E-state index in [1.807, 2.05) is 19.2 Å². The molecule has 0 bridgehead atoms. The van der Waals surface area contributed by atoms with E-state index in [1.54, 1.807) is 12.1 Å². The topological polar surface area (TPSA) is 71.6 Å². The molecular weight excluding hydrogens is 318 g/mol. The summed E-state index contributed by atoms with van der Waals surface area (Å²) in [6, 6.07) is 7.30. The summed E-state index contributed by atoms with van der Waals surface area (Å²) in [4.78, 5) is 6.51. The lowest BCUT2D eigenvalue weighted by Crippen LogP contribution is -2.52. The third-order valence-electron chi connectivity index (χ3n) is 4.47. The first kappa shape index (κ1) is 16.4. The quantitative estimate of drug-likeness (QED) is 0.903. The van der Waals surface area contributed by atoms with E-state index in [9.17, 15) is 5.11 Å². The highest BCUT2D eigenvalue weighted by Gasteiger charge is 2.36. The van der Waals surface area contributed by atoms with Crippen LogP contribution in [0.2, 0.25) is 5.02 Å². The SMILES string of the molecule is CN(Cc1nc(-c2ccc(Cl)cc2)no1)C1(CO)CCOCC1. The molecule has 0 spiro atoms. The van der Waals surface area contributed by atoms with Gasteiger partial charge in [-0.25, -0.2) is 0 Å². The summed E-state index contributed by atoms with van der Waals surface area (Å²) in [7, 11) is 1.97. The number of rotatable bonds is 5. The molecule has 0 saturated carbocycles. The summed E-state index contributed by atoms with van der Waals surface area (Å²) in [6.07, 6.45) is 1.58. The van der Waals surface area contributed by atoms with Crippen LogP contribution in [0, 0.1) is 0 Å². The Hall–Kier alpha value is -1.47. The predicted molar refractivity (Wildman–Crippen MR) is 86.1 cm³/mol. The second-order valence-corrected chi connectivity index (χ2v) is 6.31. The number of benzene rings is 1. The van der Waals surface area contributed by atoms with Gasteiger partial charge in [-0.05, 0) is 44.2 Å². The van der Waals surface area contributed by atoms with E-state index >= 15 is 0 Å². The molecule has 1 aliphatic heterocycles. The first-order valence-corrected chi connectivity index (χ1v) is 7.99. The summed E-state index contributed by atoms with van der Waals surface area (Å²) in [5.74, 6) is 1.06. The smallest absolute Gasteiger partial charge is 0.241 e. The van der Waals surface area contributed by atoms with Crippen LogP contribution in [-0.2, 0) is 11.3 Å². The summed E-state index contributed by atoms with van der Waals surface area (Å²) < 4.78 is 10.8. The van der Waals surface area contributed by atoms with Gasteiger partial charge in [-0.1, -0.05) is 16.8 Å². The lowest BCUT2D eigenvalue weighted by molar-refractivity contribution is -0.0521. The van der Waals surface area contributed by atoms with Crippen molar-refractivity contribution in [3.63, 3.8) is 0 Å². The number of aliphatic hydroxyl groups excluding tert-OH is 1. The number of halogens is 1. The number of nitrogens with zero attached hydrogens (tertiary/aromatic N) is 3. The van der Waals surface area contributed by atoms with Crippen molar-refractivity contribution >= 4 is 11.6 Å². The zero-order valence-electron chi connectivity index (χ0n) is 13.0. The van der Waals surface area contributed by atoms with Crippen molar-refractivity contribution < 1.29 is 14.4 Å². The number of ether oxygens (including phenoxy) is 1. The fraction of sp³-hybridized carbons (Fsp3) is 0.500. The normalized spacial score (nSPS) is 17.6. The van der Waals surface area contributed by atoms with Gasteiger partial charge in [-0.15, -0.1) is 0 Å². The van der Waals surface area contributed by atoms with Crippen LogP contribution in [0.1, 0.15) is 18.7 Å². The lowest BCUT2D eigenvalue weighted by atomic mass is 9.89. The van der Waals surface area contributed by atoms with Crippen LogP contribution in [0.5, 0.6) is 0 Å². The van der Waals surface area contributed by atoms with Crippen molar-refractivity contribution in [1.29, 1.82) is 0 Å². The zero-order chi connectivity index (χ0) is 16.3. The van der Waals surface area contributed by atoms with Gasteiger partial charge in [0.05, 0.1) is 13.2 Å². The van der Waals surface area contributed by atoms with Gasteiger partial charge in [0.1, 0.15) is 0 Å². The summed E-state index contributed by atoms with van der Waals surface area (Å²) in [5, 5.41) is 14.5. The molecule has 0 radical (unpaired) electrons. The van der Waals surface area contributed by atoms with Crippen LogP contribution in [0.15, 0.2) is 28.8 Å². The molecule has 0 unspecified atom stereocenters. The van der Waals surface area contributed by atoms with Crippen molar-refractivity contribution in [2.24, 2.45) is 0 Å². The number of likely N-dealkylation sites (N-methyl/N-ethyl adjacent to an activating group) is 1. The molecule has 23 heavy (non-hydrogen) atoms. The van der Waals surface area contributed by atoms with Crippen molar-refractivity contribution in [3.05, 3.63) is 35.2 Å². The van der Waals surface area contributed by atoms with Gasteiger partial charge in [0.2, 0.25) is 11.7 Å². The van der Waals surface area contributed by atoms with Gasteiger partial charge >= 0.3 is 0 Å². The molecule has 1 aromatic carbocycles. The average molecular weight is 338 g/mol. The fourth-order valence-electron chi connectivity index (χ4n) is 2.82. The number of hydrogen-bond donors (Lipinski definition) is 1. The van der Waals surface area contributed by atoms with Gasteiger partial charge < -0.3 is 14.4 Å². The highest BCUT2D eigenvalue weighted by atomic mass is 35.5. The Kier molecular flexibility index (Phi) is 4.96. The van der Waals surface area contributed by atoms with Crippen LogP contribution in [0.3, 0.4) is 0 Å². The molecule has 0 amide bonds. The molecule has 0 atom stereocenters. The molecular formula is C16H20ClN3O3. The molecule has 1 aromatic heterocycles. The second kappa shape index (κ2) is 6.97. The largest absolute Gasteiger partial charge is 0.394 e. The minimum atomic E-state index is -0.285. The van der Waals surface area contributed by atoms with E-state index in [4.69, 9.17) is 20.9 Å². The van der Waals surface area contributed by atoms with Crippen molar-refractivity contribution in [2.45, 2.75) is 24.9 Å². The molecule has 124 valence electrons. The van der Waals surface area contributed by atoms with E-state index in [2.05, 4.69) is 15.0 Å². The fourth-order valence-corrected chi connectivity index (χ4v) is 2.94. The van der Waals surface area contributed by atoms with E-state index < -0.39 is 0 Å². The monoisotopic (exact) mass is 337 g/mol. The Balaban J connectivity index is 1.72. The third kappa shape index (κ3) is 3.55. The third-order valence-corrected chi connectivity index (χ3v) is 4.72.